The summed E-state index contributed by atoms with van der Waals surface area (Å²) in [5, 5.41) is 14.2. The number of rotatable bonds is 13. The second-order valence-electron chi connectivity index (χ2n) is 9.43. The van der Waals surface area contributed by atoms with Crippen molar-refractivity contribution in [2.45, 2.75) is 78.8 Å². The monoisotopic (exact) mass is 463 g/mol. The number of carbonyl (C=O) groups is 1. The molecular formula is C28H37N3O3. The van der Waals surface area contributed by atoms with Gasteiger partial charge >= 0.3 is 11.7 Å². The van der Waals surface area contributed by atoms with E-state index in [0.29, 0.717) is 24.6 Å². The molecule has 0 radical (unpaired) electrons. The van der Waals surface area contributed by atoms with E-state index in [0.717, 1.165) is 36.2 Å². The van der Waals surface area contributed by atoms with E-state index in [4.69, 9.17) is 0 Å². The molecule has 0 aliphatic rings. The predicted octanol–water partition coefficient (Wildman–Crippen LogP) is 6.02. The van der Waals surface area contributed by atoms with Gasteiger partial charge < -0.3 is 5.11 Å². The zero-order valence-electron chi connectivity index (χ0n) is 20.7. The standard InChI is InChI=1S/C28H37N3O3/c1-4-5-6-7-8-9-14-26-29-31(19-21(2)3)28(34)30(26)20-22-15-17-23(18-16-22)24-12-10-11-13-25(24)27(32)33/h10-13,15-18,21H,4-9,14,19-20H2,1-3H3,(H,32,33). The van der Waals surface area contributed by atoms with Crippen LogP contribution in [0, 0.1) is 5.92 Å². The third-order valence-electron chi connectivity index (χ3n) is 6.05. The summed E-state index contributed by atoms with van der Waals surface area (Å²) in [6, 6.07) is 14.8. The third kappa shape index (κ3) is 6.69. The van der Waals surface area contributed by atoms with Gasteiger partial charge in [0.05, 0.1) is 12.1 Å². The number of unbranched alkanes of at least 4 members (excludes halogenated alkanes) is 5. The van der Waals surface area contributed by atoms with Gasteiger partial charge in [-0.05, 0) is 35.1 Å². The Labute approximate surface area is 202 Å². The zero-order valence-corrected chi connectivity index (χ0v) is 20.7. The predicted molar refractivity (Wildman–Crippen MR) is 136 cm³/mol. The van der Waals surface area contributed by atoms with Crippen LogP contribution in [0.15, 0.2) is 53.3 Å². The molecule has 2 aromatic carbocycles. The molecule has 34 heavy (non-hydrogen) atoms. The third-order valence-corrected chi connectivity index (χ3v) is 6.05. The van der Waals surface area contributed by atoms with Crippen molar-refractivity contribution in [1.29, 1.82) is 0 Å². The van der Waals surface area contributed by atoms with E-state index in [-0.39, 0.29) is 11.3 Å². The lowest BCUT2D eigenvalue weighted by Crippen LogP contribution is -2.27. The summed E-state index contributed by atoms with van der Waals surface area (Å²) in [7, 11) is 0. The molecule has 0 atom stereocenters. The van der Waals surface area contributed by atoms with Gasteiger partial charge in [0.1, 0.15) is 5.82 Å². The molecule has 0 saturated carbocycles. The largest absolute Gasteiger partial charge is 0.478 e. The van der Waals surface area contributed by atoms with Crippen molar-refractivity contribution in [3.05, 3.63) is 76.0 Å². The summed E-state index contributed by atoms with van der Waals surface area (Å²) >= 11 is 0. The van der Waals surface area contributed by atoms with E-state index in [2.05, 4.69) is 25.9 Å². The maximum absolute atomic E-state index is 13.1. The number of aromatic carboxylic acids is 1. The van der Waals surface area contributed by atoms with Gasteiger partial charge in [-0.2, -0.15) is 5.10 Å². The number of aromatic nitrogens is 3. The van der Waals surface area contributed by atoms with Crippen molar-refractivity contribution in [3.63, 3.8) is 0 Å². The number of carboxylic acid groups (broad SMARTS) is 1. The van der Waals surface area contributed by atoms with Gasteiger partial charge in [0.15, 0.2) is 0 Å². The van der Waals surface area contributed by atoms with Crippen LogP contribution in [0.1, 0.15) is 81.0 Å². The number of hydrogen-bond acceptors (Lipinski definition) is 3. The van der Waals surface area contributed by atoms with Gasteiger partial charge in [-0.3, -0.25) is 4.57 Å². The highest BCUT2D eigenvalue weighted by atomic mass is 16.4. The van der Waals surface area contributed by atoms with E-state index in [1.54, 1.807) is 21.4 Å². The molecule has 0 saturated heterocycles. The van der Waals surface area contributed by atoms with Crippen molar-refractivity contribution < 1.29 is 9.90 Å². The molecule has 3 aromatic rings. The second kappa shape index (κ2) is 12.4. The quantitative estimate of drug-likeness (QED) is 0.315. The Morgan fingerprint density at radius 3 is 2.32 bits per heavy atom. The number of hydrogen-bond donors (Lipinski definition) is 1. The molecule has 1 N–H and O–H groups in total. The second-order valence-corrected chi connectivity index (χ2v) is 9.43. The van der Waals surface area contributed by atoms with Gasteiger partial charge in [-0.25, -0.2) is 14.3 Å². The van der Waals surface area contributed by atoms with Crippen LogP contribution in [0.2, 0.25) is 0 Å². The molecule has 0 aliphatic heterocycles. The first-order chi connectivity index (χ1) is 16.4. The van der Waals surface area contributed by atoms with Gasteiger partial charge in [0.2, 0.25) is 0 Å². The normalized spacial score (nSPS) is 11.3. The van der Waals surface area contributed by atoms with Crippen LogP contribution in [0.4, 0.5) is 0 Å². The lowest BCUT2D eigenvalue weighted by Gasteiger charge is -2.09. The lowest BCUT2D eigenvalue weighted by molar-refractivity contribution is 0.0697. The molecular weight excluding hydrogens is 426 g/mol. The van der Waals surface area contributed by atoms with Gasteiger partial charge in [0.25, 0.3) is 0 Å². The summed E-state index contributed by atoms with van der Waals surface area (Å²) < 4.78 is 3.41. The van der Waals surface area contributed by atoms with Gasteiger partial charge in [-0.1, -0.05) is 95.3 Å². The molecule has 1 aromatic heterocycles. The smallest absolute Gasteiger partial charge is 0.346 e. The van der Waals surface area contributed by atoms with Crippen LogP contribution in [0.5, 0.6) is 0 Å². The highest BCUT2D eigenvalue weighted by Gasteiger charge is 2.15. The minimum absolute atomic E-state index is 0.0602. The van der Waals surface area contributed by atoms with Crippen LogP contribution in [0.25, 0.3) is 11.1 Å². The molecule has 0 spiro atoms. The lowest BCUT2D eigenvalue weighted by atomic mass is 9.99. The fraction of sp³-hybridized carbons (Fsp3) is 0.464. The van der Waals surface area contributed by atoms with E-state index in [1.165, 1.54) is 25.7 Å². The molecule has 6 heteroatoms. The van der Waals surface area contributed by atoms with E-state index in [1.807, 2.05) is 36.4 Å². The number of benzene rings is 2. The average molecular weight is 464 g/mol. The van der Waals surface area contributed by atoms with E-state index < -0.39 is 5.97 Å². The maximum Gasteiger partial charge on any atom is 0.346 e. The van der Waals surface area contributed by atoms with Crippen molar-refractivity contribution in [3.8, 4) is 11.1 Å². The molecule has 0 fully saturated rings. The highest BCUT2D eigenvalue weighted by Crippen LogP contribution is 2.24. The first-order valence-corrected chi connectivity index (χ1v) is 12.5. The molecule has 0 amide bonds. The molecule has 0 unspecified atom stereocenters. The zero-order chi connectivity index (χ0) is 24.5. The molecule has 0 aliphatic carbocycles. The van der Waals surface area contributed by atoms with Crippen LogP contribution >= 0.6 is 0 Å². The summed E-state index contributed by atoms with van der Waals surface area (Å²) in [5.41, 5.74) is 2.74. The summed E-state index contributed by atoms with van der Waals surface area (Å²) in [6.07, 6.45) is 8.00. The van der Waals surface area contributed by atoms with Crippen molar-refractivity contribution >= 4 is 5.97 Å². The minimum Gasteiger partial charge on any atom is -0.478 e. The van der Waals surface area contributed by atoms with Gasteiger partial charge in [-0.15, -0.1) is 0 Å². The first-order valence-electron chi connectivity index (χ1n) is 12.5. The van der Waals surface area contributed by atoms with Crippen LogP contribution < -0.4 is 5.69 Å². The topological polar surface area (TPSA) is 77.1 Å². The van der Waals surface area contributed by atoms with Crippen molar-refractivity contribution in [2.75, 3.05) is 0 Å². The molecule has 6 nitrogen and oxygen atoms in total. The molecule has 0 bridgehead atoms. The Morgan fingerprint density at radius 2 is 1.65 bits per heavy atom. The maximum atomic E-state index is 13.1. The fourth-order valence-corrected chi connectivity index (χ4v) is 4.25. The SMILES string of the molecule is CCCCCCCCc1nn(CC(C)C)c(=O)n1Cc1ccc(-c2ccccc2C(=O)O)cc1. The van der Waals surface area contributed by atoms with Crippen LogP contribution in [0.3, 0.4) is 0 Å². The van der Waals surface area contributed by atoms with E-state index >= 15 is 0 Å². The Balaban J connectivity index is 1.78. The Hall–Kier alpha value is -3.15. The summed E-state index contributed by atoms with van der Waals surface area (Å²) in [6.45, 7) is 7.47. The molecule has 3 rings (SSSR count). The Morgan fingerprint density at radius 1 is 0.971 bits per heavy atom. The number of nitrogens with zero attached hydrogens (tertiary/aromatic N) is 3. The molecule has 1 heterocycles. The number of aryl methyl sites for hydroxylation is 1. The highest BCUT2D eigenvalue weighted by molar-refractivity contribution is 5.95. The summed E-state index contributed by atoms with van der Waals surface area (Å²) in [4.78, 5) is 24.7. The van der Waals surface area contributed by atoms with Crippen LogP contribution in [-0.2, 0) is 19.5 Å². The average Bonchev–Trinajstić information content (AvgIpc) is 3.10. The minimum atomic E-state index is -0.942. The van der Waals surface area contributed by atoms with Gasteiger partial charge in [0, 0.05) is 13.0 Å². The first kappa shape index (κ1) is 25.5. The molecule has 182 valence electrons. The fourth-order valence-electron chi connectivity index (χ4n) is 4.25. The van der Waals surface area contributed by atoms with E-state index in [9.17, 15) is 14.7 Å². The summed E-state index contributed by atoms with van der Waals surface area (Å²) in [5.74, 6) is 0.251. The van der Waals surface area contributed by atoms with Crippen LogP contribution in [-0.4, -0.2) is 25.4 Å². The number of carboxylic acids is 1. The Bertz CT molecular complexity index is 1130. The van der Waals surface area contributed by atoms with Crippen molar-refractivity contribution in [1.82, 2.24) is 14.3 Å². The van der Waals surface area contributed by atoms with Crippen molar-refractivity contribution in [2.24, 2.45) is 5.92 Å². The Kier molecular flexibility index (Phi) is 9.25.